The molecule has 13 heavy (non-hydrogen) atoms. The molecule has 0 aliphatic heterocycles. The second kappa shape index (κ2) is 3.58. The highest BCUT2D eigenvalue weighted by Gasteiger charge is 2.37. The molecule has 0 spiro atoms. The predicted molar refractivity (Wildman–Crippen MR) is 60.4 cm³/mol. The van der Waals surface area contributed by atoms with E-state index in [4.69, 9.17) is 4.43 Å². The summed E-state index contributed by atoms with van der Waals surface area (Å²) < 4.78 is 6.09. The molecule has 0 radical (unpaired) electrons. The molecule has 76 valence electrons. The molecule has 1 nitrogen and oxygen atoms in total. The highest BCUT2D eigenvalue weighted by molar-refractivity contribution is 6.74. The molecule has 0 bridgehead atoms. The molecule has 0 N–H and O–H groups in total. The van der Waals surface area contributed by atoms with Crippen molar-refractivity contribution in [1.82, 2.24) is 0 Å². The second-order valence-electron chi connectivity index (χ2n) is 5.50. The molecule has 0 amide bonds. The van der Waals surface area contributed by atoms with Gasteiger partial charge in [-0.1, -0.05) is 32.9 Å². The Labute approximate surface area is 83.3 Å². The number of allylic oxidation sites excluding steroid dienone is 1. The summed E-state index contributed by atoms with van der Waals surface area (Å²) in [5, 5.41) is 0.348. The SMILES string of the molecule is CC(C)(C)[Si](C)(C)OCC1C=CC1. The Morgan fingerprint density at radius 2 is 1.92 bits per heavy atom. The third-order valence-corrected chi connectivity index (χ3v) is 7.81. The van der Waals surface area contributed by atoms with Crippen molar-refractivity contribution in [2.75, 3.05) is 6.61 Å². The summed E-state index contributed by atoms with van der Waals surface area (Å²) in [6.07, 6.45) is 5.70. The van der Waals surface area contributed by atoms with Crippen molar-refractivity contribution in [3.05, 3.63) is 12.2 Å². The molecule has 0 fully saturated rings. The predicted octanol–water partition coefficient (Wildman–Crippen LogP) is 3.58. The van der Waals surface area contributed by atoms with Crippen molar-refractivity contribution >= 4 is 8.32 Å². The molecule has 1 atom stereocenters. The van der Waals surface area contributed by atoms with Gasteiger partial charge in [-0.15, -0.1) is 0 Å². The molecule has 1 aliphatic carbocycles. The van der Waals surface area contributed by atoms with Gasteiger partial charge in [0, 0.05) is 12.5 Å². The van der Waals surface area contributed by atoms with E-state index in [0.29, 0.717) is 11.0 Å². The van der Waals surface area contributed by atoms with Gasteiger partial charge in [0.05, 0.1) is 0 Å². The monoisotopic (exact) mass is 198 g/mol. The zero-order valence-electron chi connectivity index (χ0n) is 9.55. The first kappa shape index (κ1) is 11.0. The molecule has 0 aromatic heterocycles. The molecule has 0 aromatic carbocycles. The first-order valence-electron chi connectivity index (χ1n) is 5.13. The van der Waals surface area contributed by atoms with Crippen LogP contribution in [-0.2, 0) is 4.43 Å². The van der Waals surface area contributed by atoms with Gasteiger partial charge in [-0.2, -0.15) is 0 Å². The molecule has 1 aliphatic rings. The van der Waals surface area contributed by atoms with Crippen molar-refractivity contribution in [2.45, 2.75) is 45.3 Å². The first-order chi connectivity index (χ1) is 5.83. The number of rotatable bonds is 3. The Morgan fingerprint density at radius 3 is 2.23 bits per heavy atom. The van der Waals surface area contributed by atoms with Crippen LogP contribution in [0, 0.1) is 5.92 Å². The van der Waals surface area contributed by atoms with Gasteiger partial charge in [0.1, 0.15) is 0 Å². The van der Waals surface area contributed by atoms with E-state index in [9.17, 15) is 0 Å². The molecule has 1 rings (SSSR count). The van der Waals surface area contributed by atoms with Crippen molar-refractivity contribution in [1.29, 1.82) is 0 Å². The largest absolute Gasteiger partial charge is 0.416 e. The van der Waals surface area contributed by atoms with Crippen LogP contribution in [0.5, 0.6) is 0 Å². The highest BCUT2D eigenvalue weighted by atomic mass is 28.4. The third kappa shape index (κ3) is 2.68. The minimum Gasteiger partial charge on any atom is -0.416 e. The summed E-state index contributed by atoms with van der Waals surface area (Å²) in [6, 6.07) is 0. The van der Waals surface area contributed by atoms with Gasteiger partial charge in [0.15, 0.2) is 8.32 Å². The smallest absolute Gasteiger partial charge is 0.192 e. The maximum absolute atomic E-state index is 6.09. The Balaban J connectivity index is 2.37. The average molecular weight is 198 g/mol. The summed E-state index contributed by atoms with van der Waals surface area (Å²) in [7, 11) is -1.48. The van der Waals surface area contributed by atoms with Crippen LogP contribution in [0.15, 0.2) is 12.2 Å². The van der Waals surface area contributed by atoms with Gasteiger partial charge in [0.2, 0.25) is 0 Å². The maximum Gasteiger partial charge on any atom is 0.192 e. The van der Waals surface area contributed by atoms with Gasteiger partial charge in [-0.3, -0.25) is 0 Å². The van der Waals surface area contributed by atoms with Crippen LogP contribution in [0.25, 0.3) is 0 Å². The van der Waals surface area contributed by atoms with Crippen molar-refractivity contribution in [3.8, 4) is 0 Å². The molecular formula is C11H22OSi. The summed E-state index contributed by atoms with van der Waals surface area (Å²) in [5.74, 6) is 0.703. The highest BCUT2D eigenvalue weighted by Crippen LogP contribution is 2.37. The molecule has 0 heterocycles. The Hall–Kier alpha value is -0.0831. The molecule has 1 unspecified atom stereocenters. The first-order valence-corrected chi connectivity index (χ1v) is 8.04. The second-order valence-corrected chi connectivity index (χ2v) is 10.3. The van der Waals surface area contributed by atoms with Crippen LogP contribution in [0.4, 0.5) is 0 Å². The molecule has 0 saturated heterocycles. The average Bonchev–Trinajstić information content (AvgIpc) is 1.80. The standard InChI is InChI=1S/C11H22OSi/c1-11(2,3)13(4,5)12-9-10-7-6-8-10/h6-7,10H,8-9H2,1-5H3. The van der Waals surface area contributed by atoms with Gasteiger partial charge >= 0.3 is 0 Å². The lowest BCUT2D eigenvalue weighted by Gasteiger charge is -2.37. The quantitative estimate of drug-likeness (QED) is 0.497. The molecule has 0 saturated carbocycles. The van der Waals surface area contributed by atoms with Gasteiger partial charge in [-0.25, -0.2) is 0 Å². The molecule has 2 heteroatoms. The minimum atomic E-state index is -1.48. The van der Waals surface area contributed by atoms with Crippen LogP contribution >= 0.6 is 0 Å². The lowest BCUT2D eigenvalue weighted by molar-refractivity contribution is 0.244. The van der Waals surface area contributed by atoms with Gasteiger partial charge < -0.3 is 4.43 Å². The molecule has 0 aromatic rings. The summed E-state index contributed by atoms with van der Waals surface area (Å²) in [4.78, 5) is 0. The van der Waals surface area contributed by atoms with Crippen LogP contribution in [0.3, 0.4) is 0 Å². The van der Waals surface area contributed by atoms with Crippen molar-refractivity contribution in [3.63, 3.8) is 0 Å². The normalized spacial score (nSPS) is 23.0. The number of hydrogen-bond donors (Lipinski definition) is 0. The summed E-state index contributed by atoms with van der Waals surface area (Å²) in [5.41, 5.74) is 0. The Bertz CT molecular complexity index is 201. The van der Waals surface area contributed by atoms with Gasteiger partial charge in [0.25, 0.3) is 0 Å². The van der Waals surface area contributed by atoms with Crippen LogP contribution in [0.2, 0.25) is 18.1 Å². The zero-order valence-corrected chi connectivity index (χ0v) is 10.6. The minimum absolute atomic E-state index is 0.348. The fourth-order valence-electron chi connectivity index (χ4n) is 0.984. The van der Waals surface area contributed by atoms with Crippen LogP contribution < -0.4 is 0 Å². The third-order valence-electron chi connectivity index (χ3n) is 3.31. The van der Waals surface area contributed by atoms with Crippen LogP contribution in [-0.4, -0.2) is 14.9 Å². The van der Waals surface area contributed by atoms with E-state index in [-0.39, 0.29) is 0 Å². The lowest BCUT2D eigenvalue weighted by atomic mass is 9.97. The van der Waals surface area contributed by atoms with E-state index in [1.54, 1.807) is 0 Å². The Morgan fingerprint density at radius 1 is 1.38 bits per heavy atom. The zero-order chi connectivity index (χ0) is 10.1. The topological polar surface area (TPSA) is 9.23 Å². The van der Waals surface area contributed by atoms with Crippen molar-refractivity contribution in [2.24, 2.45) is 5.92 Å². The van der Waals surface area contributed by atoms with E-state index in [1.807, 2.05) is 0 Å². The summed E-state index contributed by atoms with van der Waals surface area (Å²) in [6.45, 7) is 12.4. The summed E-state index contributed by atoms with van der Waals surface area (Å²) >= 11 is 0. The van der Waals surface area contributed by atoms with Gasteiger partial charge in [-0.05, 0) is 24.6 Å². The van der Waals surface area contributed by atoms with E-state index < -0.39 is 8.32 Å². The van der Waals surface area contributed by atoms with E-state index >= 15 is 0 Å². The molecular weight excluding hydrogens is 176 g/mol. The van der Waals surface area contributed by atoms with E-state index in [1.165, 1.54) is 6.42 Å². The van der Waals surface area contributed by atoms with E-state index in [0.717, 1.165) is 6.61 Å². The maximum atomic E-state index is 6.09. The number of hydrogen-bond acceptors (Lipinski definition) is 1. The fourth-order valence-corrected chi connectivity index (χ4v) is 2.05. The fraction of sp³-hybridized carbons (Fsp3) is 0.818. The Kier molecular flexibility index (Phi) is 3.03. The lowest BCUT2D eigenvalue weighted by Crippen LogP contribution is -2.42. The van der Waals surface area contributed by atoms with Crippen LogP contribution in [0.1, 0.15) is 27.2 Å². The van der Waals surface area contributed by atoms with Crippen molar-refractivity contribution < 1.29 is 4.43 Å². The van der Waals surface area contributed by atoms with E-state index in [2.05, 4.69) is 46.0 Å².